The van der Waals surface area contributed by atoms with Crippen LogP contribution in [0.1, 0.15) is 38.8 Å². The molecule has 0 aliphatic carbocycles. The van der Waals surface area contributed by atoms with Gasteiger partial charge in [-0.2, -0.15) is 0 Å². The van der Waals surface area contributed by atoms with Crippen molar-refractivity contribution in [3.63, 3.8) is 0 Å². The fraction of sp³-hybridized carbons (Fsp3) is 0.118. The minimum atomic E-state index is 0. The second-order valence-corrected chi connectivity index (χ2v) is 6.46. The van der Waals surface area contributed by atoms with Gasteiger partial charge in [0.15, 0.2) is 0 Å². The molecule has 0 unspecified atom stereocenters. The van der Waals surface area contributed by atoms with Gasteiger partial charge < -0.3 is 0 Å². The fourth-order valence-electron chi connectivity index (χ4n) is 2.45. The maximum Gasteiger partial charge on any atom is 0.231 e. The summed E-state index contributed by atoms with van der Waals surface area (Å²) in [5.74, 6) is 0.484. The molecule has 0 heterocycles. The number of rotatable bonds is 2. The van der Waals surface area contributed by atoms with Gasteiger partial charge in [-0.05, 0) is 11.1 Å². The Balaban J connectivity index is -0.0000000817. The van der Waals surface area contributed by atoms with E-state index in [-0.39, 0.29) is 14.9 Å². The van der Waals surface area contributed by atoms with Crippen molar-refractivity contribution in [1.29, 1.82) is 32.5 Å². The summed E-state index contributed by atoms with van der Waals surface area (Å²) >= 11 is 0. The van der Waals surface area contributed by atoms with E-state index in [4.69, 9.17) is 61.2 Å². The van der Waals surface area contributed by atoms with Crippen LogP contribution >= 0.6 is 0 Å². The van der Waals surface area contributed by atoms with Gasteiger partial charge in [-0.1, -0.05) is 155 Å². The van der Waals surface area contributed by atoms with E-state index >= 15 is 0 Å². The number of isocyanates is 6. The maximum absolute atomic E-state index is 8.35. The average Bonchev–Trinajstić information content (AvgIpc) is 3.06. The molecule has 4 rings (SSSR count). The van der Waals surface area contributed by atoms with Gasteiger partial charge >= 0.3 is 0 Å². The maximum atomic E-state index is 8.35. The zero-order valence-corrected chi connectivity index (χ0v) is 23.7. The number of nitrogens with one attached hydrogen (secondary N) is 6. The Morgan fingerprint density at radius 3 is 0.587 bits per heavy atom. The first kappa shape index (κ1) is 55.1. The van der Waals surface area contributed by atoms with Crippen molar-refractivity contribution >= 4 is 36.5 Å². The van der Waals surface area contributed by atoms with Crippen molar-refractivity contribution < 1.29 is 28.8 Å². The largest absolute Gasteiger partial charge is 0.231 e. The molecular formula is C34H40N6O6. The Bertz CT molecular complexity index is 1120. The van der Waals surface area contributed by atoms with Crippen LogP contribution in [0.5, 0.6) is 0 Å². The summed E-state index contributed by atoms with van der Waals surface area (Å²) in [5, 5.41) is 32.4. The summed E-state index contributed by atoms with van der Waals surface area (Å²) in [6.07, 6.45) is 4.50. The molecule has 0 radical (unpaired) electrons. The molecule has 46 heavy (non-hydrogen) atoms. The van der Waals surface area contributed by atoms with E-state index in [2.05, 4.69) is 67.6 Å². The molecule has 0 bridgehead atoms. The topological polar surface area (TPSA) is 246 Å². The molecule has 0 aliphatic heterocycles. The predicted molar refractivity (Wildman–Crippen MR) is 177 cm³/mol. The van der Waals surface area contributed by atoms with E-state index in [1.165, 1.54) is 11.1 Å². The van der Waals surface area contributed by atoms with Gasteiger partial charge in [0.1, 0.15) is 0 Å². The molecule has 0 atom stereocenters. The molecule has 0 aromatic heterocycles. The van der Waals surface area contributed by atoms with Gasteiger partial charge in [0, 0.05) is 5.92 Å². The summed E-state index contributed by atoms with van der Waals surface area (Å²) < 4.78 is 0. The van der Waals surface area contributed by atoms with E-state index in [9.17, 15) is 0 Å². The monoisotopic (exact) mass is 628 g/mol. The first-order valence-corrected chi connectivity index (χ1v) is 11.7. The zero-order valence-electron chi connectivity index (χ0n) is 23.7. The molecule has 0 aliphatic rings. The Kier molecular flexibility index (Phi) is 69.4. The summed E-state index contributed by atoms with van der Waals surface area (Å²) in [7, 11) is 0. The molecule has 4 aromatic rings. The lowest BCUT2D eigenvalue weighted by molar-refractivity contribution is 0.562. The minimum Gasteiger partial charge on any atom is -0.222 e. The van der Waals surface area contributed by atoms with Crippen LogP contribution in [0, 0.1) is 32.5 Å². The van der Waals surface area contributed by atoms with Gasteiger partial charge in [0.25, 0.3) is 0 Å². The predicted octanol–water partition coefficient (Wildman–Crippen LogP) is 7.89. The van der Waals surface area contributed by atoms with Crippen LogP contribution in [-0.2, 0) is 28.8 Å². The second kappa shape index (κ2) is 57.9. The Labute approximate surface area is 269 Å². The molecule has 242 valence electrons. The highest BCUT2D eigenvalue weighted by molar-refractivity contribution is 5.31. The fourth-order valence-corrected chi connectivity index (χ4v) is 2.45. The minimum absolute atomic E-state index is 0. The van der Waals surface area contributed by atoms with Crippen LogP contribution in [0.15, 0.2) is 133 Å². The number of hydrogen-bond donors (Lipinski definition) is 6. The highest BCUT2D eigenvalue weighted by Gasteiger charge is 2.05. The van der Waals surface area contributed by atoms with Crippen LogP contribution in [0.3, 0.4) is 0 Å². The second-order valence-electron chi connectivity index (χ2n) is 6.46. The SMILES string of the molecule is C.C.CC(c1ccccc1)c1ccccc1.N=C=O.N=C=O.N=C=O.N=C=O.N=C=O.N=C=O.c1ccccc1.c1ccccc1. The van der Waals surface area contributed by atoms with Gasteiger partial charge in [0.05, 0.1) is 0 Å². The average molecular weight is 629 g/mol. The standard InChI is InChI=1S/C14H14.2C6H6.6CHNO.2CH4/c1-12(13-8-4-2-5-9-13)14-10-6-3-7-11-14;2*1-2-4-6-5-3-1;6*2-1-3;;/h2-12H,1H3;2*1-6H;6*2H;2*1H4. The van der Waals surface area contributed by atoms with Crippen LogP contribution < -0.4 is 0 Å². The van der Waals surface area contributed by atoms with E-state index in [0.29, 0.717) is 5.92 Å². The number of carbonyl (C=O) groups excluding carboxylic acids is 6. The molecule has 0 saturated carbocycles. The van der Waals surface area contributed by atoms with E-state index < -0.39 is 0 Å². The Morgan fingerprint density at radius 1 is 0.348 bits per heavy atom. The molecule has 0 saturated heterocycles. The summed E-state index contributed by atoms with van der Waals surface area (Å²) in [6.45, 7) is 2.24. The molecule has 12 heteroatoms. The molecule has 6 N–H and O–H groups in total. The molecule has 0 amide bonds. The van der Waals surface area contributed by atoms with Crippen molar-refractivity contribution in [3.05, 3.63) is 145 Å². The van der Waals surface area contributed by atoms with Crippen molar-refractivity contribution in [2.45, 2.75) is 27.7 Å². The van der Waals surface area contributed by atoms with Crippen LogP contribution in [-0.4, -0.2) is 36.5 Å². The van der Waals surface area contributed by atoms with Gasteiger partial charge in [-0.3, -0.25) is 0 Å². The normalized spacial score (nSPS) is 6.30. The molecule has 0 spiro atoms. The zero-order chi connectivity index (χ0) is 34.5. The molecule has 4 aromatic carbocycles. The van der Waals surface area contributed by atoms with Crippen molar-refractivity contribution in [3.8, 4) is 0 Å². The van der Waals surface area contributed by atoms with Gasteiger partial charge in [-0.25, -0.2) is 61.2 Å². The van der Waals surface area contributed by atoms with Crippen LogP contribution in [0.2, 0.25) is 0 Å². The quantitative estimate of drug-likeness (QED) is 0.0950. The Morgan fingerprint density at radius 2 is 0.457 bits per heavy atom. The summed E-state index contributed by atoms with van der Waals surface area (Å²) in [6, 6.07) is 45.2. The summed E-state index contributed by atoms with van der Waals surface area (Å²) in [4.78, 5) is 50.1. The highest BCUT2D eigenvalue weighted by Crippen LogP contribution is 2.22. The third-order valence-electron chi connectivity index (χ3n) is 3.93. The summed E-state index contributed by atoms with van der Waals surface area (Å²) in [5.41, 5.74) is 2.75. The first-order chi connectivity index (χ1) is 21.4. The third kappa shape index (κ3) is 57.1. The van der Waals surface area contributed by atoms with Crippen LogP contribution in [0.25, 0.3) is 0 Å². The van der Waals surface area contributed by atoms with Crippen molar-refractivity contribution in [2.75, 3.05) is 0 Å². The van der Waals surface area contributed by atoms with Gasteiger partial charge in [0.2, 0.25) is 36.5 Å². The lowest BCUT2D eigenvalue weighted by atomic mass is 9.93. The molecule has 12 nitrogen and oxygen atoms in total. The van der Waals surface area contributed by atoms with Crippen LogP contribution in [0.4, 0.5) is 0 Å². The van der Waals surface area contributed by atoms with Crippen molar-refractivity contribution in [2.24, 2.45) is 0 Å². The van der Waals surface area contributed by atoms with E-state index in [1.807, 2.05) is 72.8 Å². The van der Waals surface area contributed by atoms with E-state index in [0.717, 1.165) is 36.5 Å². The molecular weight excluding hydrogens is 588 g/mol. The van der Waals surface area contributed by atoms with Gasteiger partial charge in [-0.15, -0.1) is 0 Å². The smallest absolute Gasteiger partial charge is 0.222 e. The molecule has 0 fully saturated rings. The third-order valence-corrected chi connectivity index (χ3v) is 3.93. The highest BCUT2D eigenvalue weighted by atomic mass is 16.1. The van der Waals surface area contributed by atoms with E-state index in [1.54, 1.807) is 0 Å². The van der Waals surface area contributed by atoms with Crippen molar-refractivity contribution in [1.82, 2.24) is 0 Å². The number of benzene rings is 4. The Hall–Kier alpha value is -6.84. The lowest BCUT2D eigenvalue weighted by Gasteiger charge is -2.11. The lowest BCUT2D eigenvalue weighted by Crippen LogP contribution is -1.94. The first-order valence-electron chi connectivity index (χ1n) is 11.7. The number of hydrogen-bond acceptors (Lipinski definition) is 12.